The van der Waals surface area contributed by atoms with Gasteiger partial charge < -0.3 is 36.1 Å². The molecule has 1 aromatic rings. The molecule has 0 heterocycles. The van der Waals surface area contributed by atoms with Crippen LogP contribution < -0.4 is 26.3 Å². The maximum absolute atomic E-state index is 13.1. The number of benzene rings is 1. The summed E-state index contributed by atoms with van der Waals surface area (Å²) in [5, 5.41) is 14.0. The summed E-state index contributed by atoms with van der Waals surface area (Å²) in [6.45, 7) is 9.67. The van der Waals surface area contributed by atoms with E-state index in [1.807, 2.05) is 32.0 Å². The molecule has 6 N–H and O–H groups in total. The van der Waals surface area contributed by atoms with Gasteiger partial charge in [0.2, 0.25) is 11.8 Å². The average Bonchev–Trinajstić information content (AvgIpc) is 2.88. The van der Waals surface area contributed by atoms with Crippen molar-refractivity contribution in [2.24, 2.45) is 40.6 Å². The van der Waals surface area contributed by atoms with Crippen LogP contribution in [0.4, 0.5) is 0 Å². The van der Waals surface area contributed by atoms with Crippen LogP contribution in [0, 0.1) is 29.1 Å². The summed E-state index contributed by atoms with van der Waals surface area (Å²) in [4.78, 5) is 25.0. The molecule has 1 saturated carbocycles. The van der Waals surface area contributed by atoms with Gasteiger partial charge in [0.05, 0.1) is 25.2 Å². The van der Waals surface area contributed by atoms with Gasteiger partial charge >= 0.3 is 0 Å². The number of nitrogens with one attached hydrogen (secondary N) is 1. The molecule has 40 heavy (non-hydrogen) atoms. The van der Waals surface area contributed by atoms with Crippen molar-refractivity contribution >= 4 is 11.8 Å². The Kier molecular flexibility index (Phi) is 13.7. The second-order valence-electron chi connectivity index (χ2n) is 12.2. The monoisotopic (exact) mass is 563 g/mol. The van der Waals surface area contributed by atoms with Crippen LogP contribution in [-0.2, 0) is 20.7 Å². The molecule has 2 amide bonds. The lowest BCUT2D eigenvalue weighted by Gasteiger charge is -2.39. The van der Waals surface area contributed by atoms with E-state index >= 15 is 0 Å². The number of methoxy groups -OCH3 is 2. The summed E-state index contributed by atoms with van der Waals surface area (Å²) in [6, 6.07) is 5.50. The fraction of sp³-hybridized carbons (Fsp3) is 0.742. The van der Waals surface area contributed by atoms with Gasteiger partial charge in [-0.25, -0.2) is 0 Å². The highest BCUT2D eigenvalue weighted by atomic mass is 16.5. The Balaban J connectivity index is 2.01. The van der Waals surface area contributed by atoms with Crippen LogP contribution in [0.1, 0.15) is 71.8 Å². The second-order valence-corrected chi connectivity index (χ2v) is 12.2. The number of hydrogen-bond acceptors (Lipinski definition) is 7. The summed E-state index contributed by atoms with van der Waals surface area (Å²) in [5.74, 6) is 1.02. The molecule has 9 heteroatoms. The molecule has 0 aromatic heterocycles. The van der Waals surface area contributed by atoms with Crippen LogP contribution in [0.3, 0.4) is 0 Å². The number of aliphatic hydroxyl groups is 1. The van der Waals surface area contributed by atoms with Gasteiger partial charge in [-0.2, -0.15) is 0 Å². The molecule has 9 nitrogen and oxygen atoms in total. The molecule has 4 atom stereocenters. The lowest BCUT2D eigenvalue weighted by molar-refractivity contribution is -0.134. The van der Waals surface area contributed by atoms with Gasteiger partial charge in [-0.05, 0) is 67.6 Å². The first-order valence-electron chi connectivity index (χ1n) is 14.7. The first-order valence-corrected chi connectivity index (χ1v) is 14.7. The van der Waals surface area contributed by atoms with Crippen molar-refractivity contribution in [2.75, 3.05) is 34.0 Å². The third kappa shape index (κ3) is 9.63. The van der Waals surface area contributed by atoms with Gasteiger partial charge in [-0.1, -0.05) is 40.2 Å². The number of primary amides is 1. The first kappa shape index (κ1) is 33.8. The molecular formula is C31H53N3O6. The first-order chi connectivity index (χ1) is 18.9. The highest BCUT2D eigenvalue weighted by molar-refractivity contribution is 5.84. The Morgan fingerprint density at radius 3 is 2.27 bits per heavy atom. The van der Waals surface area contributed by atoms with Crippen LogP contribution >= 0.6 is 0 Å². The Morgan fingerprint density at radius 2 is 1.75 bits per heavy atom. The molecule has 1 aliphatic rings. The largest absolute Gasteiger partial charge is 0.493 e. The second kappa shape index (κ2) is 16.2. The van der Waals surface area contributed by atoms with E-state index in [0.717, 1.165) is 24.8 Å². The predicted octanol–water partition coefficient (Wildman–Crippen LogP) is 3.44. The summed E-state index contributed by atoms with van der Waals surface area (Å²) < 4.78 is 16.5. The Bertz CT molecular complexity index is 934. The lowest BCUT2D eigenvalue weighted by Crippen LogP contribution is -2.52. The van der Waals surface area contributed by atoms with Gasteiger partial charge in [0.15, 0.2) is 11.5 Å². The number of carbonyl (C=O) groups excluding carboxylic acids is 2. The zero-order valence-electron chi connectivity index (χ0n) is 25.4. The molecule has 1 aromatic carbocycles. The standard InChI is InChI=1S/C31H53N3O6/c1-20(2)23(15-22-9-10-27(39-6)28(16-22)40-14-8-13-38-5)17-25(32)26(35)18-24(21(3)4)29(36)34-19-31(30(33)37)11-7-12-31/h9-10,16,20-21,23-26,35H,7-8,11-15,17-19,32H2,1-6H3,(H2,33,37)(H,34,36). The summed E-state index contributed by atoms with van der Waals surface area (Å²) in [5.41, 5.74) is 12.6. The van der Waals surface area contributed by atoms with Crippen molar-refractivity contribution in [3.05, 3.63) is 23.8 Å². The molecular weight excluding hydrogens is 510 g/mol. The third-order valence-electron chi connectivity index (χ3n) is 8.56. The molecule has 0 bridgehead atoms. The number of carbonyl (C=O) groups is 2. The molecule has 1 aliphatic carbocycles. The zero-order valence-corrected chi connectivity index (χ0v) is 25.4. The Hall–Kier alpha value is -2.36. The van der Waals surface area contributed by atoms with Gasteiger partial charge in [0.1, 0.15) is 0 Å². The zero-order chi connectivity index (χ0) is 29.9. The molecule has 1 fully saturated rings. The van der Waals surface area contributed by atoms with Crippen molar-refractivity contribution in [3.8, 4) is 11.5 Å². The topological polar surface area (TPSA) is 146 Å². The van der Waals surface area contributed by atoms with Crippen LogP contribution in [0.5, 0.6) is 11.5 Å². The van der Waals surface area contributed by atoms with E-state index in [1.165, 1.54) is 0 Å². The highest BCUT2D eigenvalue weighted by Crippen LogP contribution is 2.40. The summed E-state index contributed by atoms with van der Waals surface area (Å²) >= 11 is 0. The fourth-order valence-corrected chi connectivity index (χ4v) is 5.37. The lowest BCUT2D eigenvalue weighted by atomic mass is 9.68. The quantitative estimate of drug-likeness (QED) is 0.189. The van der Waals surface area contributed by atoms with E-state index in [0.29, 0.717) is 49.9 Å². The summed E-state index contributed by atoms with van der Waals surface area (Å²) in [7, 11) is 3.30. The van der Waals surface area contributed by atoms with Crippen molar-refractivity contribution in [3.63, 3.8) is 0 Å². The van der Waals surface area contributed by atoms with E-state index in [2.05, 4.69) is 19.2 Å². The van der Waals surface area contributed by atoms with Gasteiger partial charge in [-0.15, -0.1) is 0 Å². The maximum atomic E-state index is 13.1. The predicted molar refractivity (Wildman–Crippen MR) is 157 cm³/mol. The van der Waals surface area contributed by atoms with Crippen LogP contribution in [0.2, 0.25) is 0 Å². The van der Waals surface area contributed by atoms with E-state index < -0.39 is 23.5 Å². The molecule has 0 radical (unpaired) electrons. The Labute approximate surface area is 240 Å². The minimum Gasteiger partial charge on any atom is -0.493 e. The molecule has 2 rings (SSSR count). The Morgan fingerprint density at radius 1 is 1.05 bits per heavy atom. The normalized spacial score (nSPS) is 17.6. The molecule has 0 saturated heterocycles. The average molecular weight is 564 g/mol. The number of aliphatic hydroxyl groups excluding tert-OH is 1. The van der Waals surface area contributed by atoms with Crippen LogP contribution in [0.15, 0.2) is 18.2 Å². The highest BCUT2D eigenvalue weighted by Gasteiger charge is 2.43. The van der Waals surface area contributed by atoms with Gasteiger partial charge in [-0.3, -0.25) is 9.59 Å². The van der Waals surface area contributed by atoms with Crippen molar-refractivity contribution in [2.45, 2.75) is 84.8 Å². The molecule has 0 spiro atoms. The van der Waals surface area contributed by atoms with E-state index in [9.17, 15) is 14.7 Å². The minimum atomic E-state index is -0.830. The SMILES string of the molecule is COCCCOc1cc(CC(CC(N)C(O)CC(C(=O)NCC2(C(N)=O)CCC2)C(C)C)C(C)C)ccc1OC. The van der Waals surface area contributed by atoms with Crippen LogP contribution in [0.25, 0.3) is 0 Å². The smallest absolute Gasteiger partial charge is 0.225 e. The van der Waals surface area contributed by atoms with E-state index in [-0.39, 0.29) is 36.6 Å². The number of ether oxygens (including phenoxy) is 3. The van der Waals surface area contributed by atoms with Gasteiger partial charge in [0.25, 0.3) is 0 Å². The number of rotatable bonds is 19. The van der Waals surface area contributed by atoms with Crippen LogP contribution in [-0.4, -0.2) is 63.0 Å². The number of nitrogens with two attached hydrogens (primary N) is 2. The molecule has 0 aliphatic heterocycles. The van der Waals surface area contributed by atoms with Crippen molar-refractivity contribution in [1.29, 1.82) is 0 Å². The van der Waals surface area contributed by atoms with Crippen molar-refractivity contribution < 1.29 is 28.9 Å². The van der Waals surface area contributed by atoms with E-state index in [4.69, 9.17) is 25.7 Å². The third-order valence-corrected chi connectivity index (χ3v) is 8.56. The fourth-order valence-electron chi connectivity index (χ4n) is 5.37. The molecule has 4 unspecified atom stereocenters. The van der Waals surface area contributed by atoms with E-state index in [1.54, 1.807) is 14.2 Å². The molecule has 228 valence electrons. The minimum absolute atomic E-state index is 0.00951. The maximum Gasteiger partial charge on any atom is 0.225 e. The number of hydrogen-bond donors (Lipinski definition) is 4. The van der Waals surface area contributed by atoms with Gasteiger partial charge in [0, 0.05) is 38.6 Å². The summed E-state index contributed by atoms with van der Waals surface area (Å²) in [6.07, 6.45) is 3.96. The van der Waals surface area contributed by atoms with Crippen molar-refractivity contribution in [1.82, 2.24) is 5.32 Å². The number of amides is 2.